The van der Waals surface area contributed by atoms with Gasteiger partial charge in [-0.15, -0.1) is 0 Å². The number of carbonyl (C=O) groups excluding carboxylic acids is 2. The Kier molecular flexibility index (Phi) is 3.65. The monoisotopic (exact) mass is 224 g/mol. The van der Waals surface area contributed by atoms with Crippen LogP contribution in [0.1, 0.15) is 21.7 Å². The SMILES string of the molecule is Cc1n[nH]c(C)c1C(=O)NCC(=O)N(C)C. The van der Waals surface area contributed by atoms with E-state index in [-0.39, 0.29) is 18.4 Å². The Morgan fingerprint density at radius 2 is 2.00 bits per heavy atom. The summed E-state index contributed by atoms with van der Waals surface area (Å²) in [4.78, 5) is 24.4. The second kappa shape index (κ2) is 4.78. The van der Waals surface area contributed by atoms with Gasteiger partial charge in [-0.3, -0.25) is 14.7 Å². The van der Waals surface area contributed by atoms with Crippen molar-refractivity contribution in [3.05, 3.63) is 17.0 Å². The molecule has 0 unspecified atom stereocenters. The zero-order valence-electron chi connectivity index (χ0n) is 9.92. The average Bonchev–Trinajstić information content (AvgIpc) is 2.54. The van der Waals surface area contributed by atoms with Gasteiger partial charge in [0, 0.05) is 19.8 Å². The van der Waals surface area contributed by atoms with Crippen LogP contribution in [0.3, 0.4) is 0 Å². The van der Waals surface area contributed by atoms with Gasteiger partial charge in [-0.25, -0.2) is 0 Å². The van der Waals surface area contributed by atoms with Gasteiger partial charge in [0.05, 0.1) is 17.8 Å². The Hall–Kier alpha value is -1.85. The van der Waals surface area contributed by atoms with Crippen molar-refractivity contribution < 1.29 is 9.59 Å². The molecule has 2 N–H and O–H groups in total. The molecular weight excluding hydrogens is 208 g/mol. The molecule has 0 bridgehead atoms. The third kappa shape index (κ3) is 2.59. The van der Waals surface area contributed by atoms with E-state index in [9.17, 15) is 9.59 Å². The number of hydrogen-bond acceptors (Lipinski definition) is 3. The van der Waals surface area contributed by atoms with Crippen molar-refractivity contribution in [1.82, 2.24) is 20.4 Å². The summed E-state index contributed by atoms with van der Waals surface area (Å²) < 4.78 is 0. The Labute approximate surface area is 94.0 Å². The molecule has 6 nitrogen and oxygen atoms in total. The molecule has 0 aliphatic heterocycles. The molecule has 16 heavy (non-hydrogen) atoms. The topological polar surface area (TPSA) is 78.1 Å². The molecule has 0 atom stereocenters. The first-order chi connectivity index (χ1) is 7.43. The first-order valence-electron chi connectivity index (χ1n) is 4.93. The molecular formula is C10H16N4O2. The van der Waals surface area contributed by atoms with Crippen LogP contribution in [-0.2, 0) is 4.79 Å². The number of aromatic nitrogens is 2. The molecule has 0 saturated heterocycles. The number of hydrogen-bond donors (Lipinski definition) is 2. The van der Waals surface area contributed by atoms with E-state index < -0.39 is 0 Å². The highest BCUT2D eigenvalue weighted by molar-refractivity contribution is 5.98. The molecule has 1 heterocycles. The quantitative estimate of drug-likeness (QED) is 0.749. The minimum absolute atomic E-state index is 0.00407. The van der Waals surface area contributed by atoms with E-state index in [0.717, 1.165) is 0 Å². The van der Waals surface area contributed by atoms with E-state index >= 15 is 0 Å². The van der Waals surface area contributed by atoms with Gasteiger partial charge in [0.25, 0.3) is 5.91 Å². The molecule has 0 aromatic carbocycles. The molecule has 0 fully saturated rings. The normalized spacial score (nSPS) is 10.0. The summed E-state index contributed by atoms with van der Waals surface area (Å²) in [6, 6.07) is 0. The molecule has 6 heteroatoms. The van der Waals surface area contributed by atoms with Gasteiger partial charge in [0.1, 0.15) is 0 Å². The smallest absolute Gasteiger partial charge is 0.255 e. The lowest BCUT2D eigenvalue weighted by atomic mass is 10.2. The summed E-state index contributed by atoms with van der Waals surface area (Å²) in [5.41, 5.74) is 1.84. The first-order valence-corrected chi connectivity index (χ1v) is 4.93. The van der Waals surface area contributed by atoms with Gasteiger partial charge < -0.3 is 10.2 Å². The second-order valence-corrected chi connectivity index (χ2v) is 3.78. The second-order valence-electron chi connectivity index (χ2n) is 3.78. The molecule has 1 aromatic heterocycles. The third-order valence-electron chi connectivity index (χ3n) is 2.25. The maximum Gasteiger partial charge on any atom is 0.255 e. The number of aryl methyl sites for hydroxylation is 2. The Bertz CT molecular complexity index is 389. The lowest BCUT2D eigenvalue weighted by Crippen LogP contribution is -2.36. The van der Waals surface area contributed by atoms with E-state index in [1.54, 1.807) is 27.9 Å². The summed E-state index contributed by atoms with van der Waals surface area (Å²) in [7, 11) is 3.28. The summed E-state index contributed by atoms with van der Waals surface area (Å²) in [5.74, 6) is -0.425. The number of aromatic amines is 1. The fourth-order valence-electron chi connectivity index (χ4n) is 1.29. The van der Waals surface area contributed by atoms with Gasteiger partial charge >= 0.3 is 0 Å². The van der Waals surface area contributed by atoms with Crippen molar-refractivity contribution in [2.45, 2.75) is 13.8 Å². The van der Waals surface area contributed by atoms with Crippen LogP contribution in [0.2, 0.25) is 0 Å². The number of amides is 2. The van der Waals surface area contributed by atoms with Crippen LogP contribution in [-0.4, -0.2) is 47.6 Å². The molecule has 0 saturated carbocycles. The minimum Gasteiger partial charge on any atom is -0.347 e. The summed E-state index contributed by atoms with van der Waals surface area (Å²) in [5, 5.41) is 9.20. The molecule has 0 aliphatic carbocycles. The van der Waals surface area contributed by atoms with Crippen molar-refractivity contribution >= 4 is 11.8 Å². The van der Waals surface area contributed by atoms with Crippen molar-refractivity contribution in [1.29, 1.82) is 0 Å². The number of nitrogens with one attached hydrogen (secondary N) is 2. The van der Waals surface area contributed by atoms with Gasteiger partial charge in [-0.05, 0) is 13.8 Å². The Balaban J connectivity index is 2.64. The van der Waals surface area contributed by atoms with Crippen LogP contribution < -0.4 is 5.32 Å². The number of rotatable bonds is 3. The number of likely N-dealkylation sites (N-methyl/N-ethyl adjacent to an activating group) is 1. The van der Waals surface area contributed by atoms with Crippen molar-refractivity contribution in [3.8, 4) is 0 Å². The lowest BCUT2D eigenvalue weighted by Gasteiger charge is -2.10. The van der Waals surface area contributed by atoms with Gasteiger partial charge in [0.2, 0.25) is 5.91 Å². The van der Waals surface area contributed by atoms with Crippen LogP contribution in [0.5, 0.6) is 0 Å². The standard InChI is InChI=1S/C10H16N4O2/c1-6-9(7(2)13-12-6)10(16)11-5-8(15)14(3)4/h5H2,1-4H3,(H,11,16)(H,12,13). The maximum atomic E-state index is 11.7. The fourth-order valence-corrected chi connectivity index (χ4v) is 1.29. The maximum absolute atomic E-state index is 11.7. The minimum atomic E-state index is -0.279. The largest absolute Gasteiger partial charge is 0.347 e. The van der Waals surface area contributed by atoms with Gasteiger partial charge in [-0.2, -0.15) is 5.10 Å². The van der Waals surface area contributed by atoms with Gasteiger partial charge in [-0.1, -0.05) is 0 Å². The Morgan fingerprint density at radius 3 is 2.44 bits per heavy atom. The van der Waals surface area contributed by atoms with Crippen molar-refractivity contribution in [3.63, 3.8) is 0 Å². The molecule has 0 radical (unpaired) electrons. The fraction of sp³-hybridized carbons (Fsp3) is 0.500. The summed E-state index contributed by atoms with van der Waals surface area (Å²) in [6.07, 6.45) is 0. The van der Waals surface area contributed by atoms with E-state index in [1.807, 2.05) is 0 Å². The molecule has 2 amide bonds. The van der Waals surface area contributed by atoms with E-state index in [1.165, 1.54) is 4.90 Å². The predicted octanol–water partition coefficient (Wildman–Crippen LogP) is -0.155. The van der Waals surface area contributed by atoms with E-state index in [0.29, 0.717) is 17.0 Å². The molecule has 1 aromatic rings. The highest BCUT2D eigenvalue weighted by Crippen LogP contribution is 2.08. The zero-order valence-corrected chi connectivity index (χ0v) is 9.92. The Morgan fingerprint density at radius 1 is 1.38 bits per heavy atom. The van der Waals surface area contributed by atoms with E-state index in [2.05, 4.69) is 15.5 Å². The first kappa shape index (κ1) is 12.2. The number of nitrogens with zero attached hydrogens (tertiary/aromatic N) is 2. The molecule has 0 spiro atoms. The van der Waals surface area contributed by atoms with Crippen molar-refractivity contribution in [2.24, 2.45) is 0 Å². The molecule has 88 valence electrons. The summed E-state index contributed by atoms with van der Waals surface area (Å²) >= 11 is 0. The predicted molar refractivity (Wildman–Crippen MR) is 59.1 cm³/mol. The van der Waals surface area contributed by atoms with Gasteiger partial charge in [0.15, 0.2) is 0 Å². The lowest BCUT2D eigenvalue weighted by molar-refractivity contribution is -0.127. The zero-order chi connectivity index (χ0) is 12.3. The highest BCUT2D eigenvalue weighted by atomic mass is 16.2. The average molecular weight is 224 g/mol. The summed E-state index contributed by atoms with van der Waals surface area (Å²) in [6.45, 7) is 3.50. The van der Waals surface area contributed by atoms with Crippen LogP contribution in [0, 0.1) is 13.8 Å². The molecule has 1 rings (SSSR count). The van der Waals surface area contributed by atoms with Crippen LogP contribution in [0.4, 0.5) is 0 Å². The third-order valence-corrected chi connectivity index (χ3v) is 2.25. The van der Waals surface area contributed by atoms with Crippen molar-refractivity contribution in [2.75, 3.05) is 20.6 Å². The van der Waals surface area contributed by atoms with Crippen LogP contribution in [0.25, 0.3) is 0 Å². The van der Waals surface area contributed by atoms with Crippen LogP contribution >= 0.6 is 0 Å². The highest BCUT2D eigenvalue weighted by Gasteiger charge is 2.16. The van der Waals surface area contributed by atoms with E-state index in [4.69, 9.17) is 0 Å². The number of H-pyrrole nitrogens is 1. The number of carbonyl (C=O) groups is 2. The molecule has 0 aliphatic rings. The van der Waals surface area contributed by atoms with Crippen LogP contribution in [0.15, 0.2) is 0 Å².